The van der Waals surface area contributed by atoms with Crippen molar-refractivity contribution in [2.24, 2.45) is 0 Å². The number of benzene rings is 2. The van der Waals surface area contributed by atoms with Crippen LogP contribution in [0.4, 0.5) is 5.69 Å². The summed E-state index contributed by atoms with van der Waals surface area (Å²) >= 11 is 1.41. The van der Waals surface area contributed by atoms with Crippen LogP contribution < -0.4 is 19.1 Å². The molecule has 0 atom stereocenters. The van der Waals surface area contributed by atoms with Crippen LogP contribution in [0.3, 0.4) is 0 Å². The van der Waals surface area contributed by atoms with E-state index in [0.717, 1.165) is 52.4 Å². The second-order valence-corrected chi connectivity index (χ2v) is 9.79. The third-order valence-corrected chi connectivity index (χ3v) is 7.59. The molecule has 0 bridgehead atoms. The van der Waals surface area contributed by atoms with Crippen molar-refractivity contribution in [2.45, 2.75) is 12.1 Å². The topological polar surface area (TPSA) is 81.4 Å². The average Bonchev–Trinajstić information content (AvgIpc) is 3.36. The number of carbonyl (C=O) groups is 1. The van der Waals surface area contributed by atoms with E-state index in [1.807, 2.05) is 46.6 Å². The molecule has 1 amide bonds. The van der Waals surface area contributed by atoms with E-state index in [1.54, 1.807) is 7.11 Å². The van der Waals surface area contributed by atoms with Crippen molar-refractivity contribution in [3.63, 3.8) is 0 Å². The lowest BCUT2D eigenvalue weighted by Gasteiger charge is -2.36. The molecular formula is C26H27N5O4S. The number of para-hydroxylation sites is 2. The minimum absolute atomic E-state index is 0.0995. The first-order valence-corrected chi connectivity index (χ1v) is 13.0. The number of anilines is 1. The monoisotopic (exact) mass is 505 g/mol. The second kappa shape index (κ2) is 9.42. The fourth-order valence-electron chi connectivity index (χ4n) is 4.84. The maximum atomic E-state index is 13.1. The van der Waals surface area contributed by atoms with Crippen LogP contribution in [-0.2, 0) is 4.79 Å². The Morgan fingerprint density at radius 1 is 1.03 bits per heavy atom. The van der Waals surface area contributed by atoms with E-state index >= 15 is 0 Å². The van der Waals surface area contributed by atoms with Crippen LogP contribution in [0.5, 0.6) is 17.2 Å². The lowest BCUT2D eigenvalue weighted by Crippen LogP contribution is -2.49. The maximum absolute atomic E-state index is 13.1. The highest BCUT2D eigenvalue weighted by atomic mass is 32.2. The molecule has 0 N–H and O–H groups in total. The zero-order chi connectivity index (χ0) is 24.6. The fraction of sp³-hybridized carbons (Fsp3) is 0.346. The number of hydrogen-bond acceptors (Lipinski definition) is 8. The molecule has 36 heavy (non-hydrogen) atoms. The third kappa shape index (κ3) is 4.05. The number of ether oxygens (including phenoxy) is 3. The van der Waals surface area contributed by atoms with Crippen molar-refractivity contribution in [3.8, 4) is 17.2 Å². The van der Waals surface area contributed by atoms with E-state index in [2.05, 4.69) is 27.2 Å². The summed E-state index contributed by atoms with van der Waals surface area (Å²) in [7, 11) is 1.68. The van der Waals surface area contributed by atoms with Gasteiger partial charge in [0.05, 0.1) is 24.1 Å². The van der Waals surface area contributed by atoms with Gasteiger partial charge in [-0.25, -0.2) is 0 Å². The molecule has 1 fully saturated rings. The number of fused-ring (bicyclic) bond motifs is 4. The molecule has 0 unspecified atom stereocenters. The number of pyridine rings is 1. The first kappa shape index (κ1) is 22.8. The van der Waals surface area contributed by atoms with Gasteiger partial charge in [-0.3, -0.25) is 9.20 Å². The molecule has 0 aliphatic carbocycles. The standard InChI is InChI=1S/C26H27N5O4S/c1-17-13-18-14-22-23(35-12-11-34-22)15-20(18)31-25(17)27-28-26(31)36-16-24(32)30-9-7-29(8-10-30)19-5-3-4-6-21(19)33-2/h3-6,13-15H,7-12,16H2,1-2H3. The molecule has 0 radical (unpaired) electrons. The summed E-state index contributed by atoms with van der Waals surface area (Å²) in [4.78, 5) is 17.3. The largest absolute Gasteiger partial charge is 0.495 e. The lowest BCUT2D eigenvalue weighted by molar-refractivity contribution is -0.128. The van der Waals surface area contributed by atoms with Crippen molar-refractivity contribution in [1.82, 2.24) is 19.5 Å². The van der Waals surface area contributed by atoms with Gasteiger partial charge in [-0.15, -0.1) is 10.2 Å². The number of rotatable bonds is 5. The van der Waals surface area contributed by atoms with Crippen molar-refractivity contribution in [2.75, 3.05) is 57.2 Å². The van der Waals surface area contributed by atoms with Crippen molar-refractivity contribution >= 4 is 39.9 Å². The number of aromatic nitrogens is 3. The highest BCUT2D eigenvalue weighted by molar-refractivity contribution is 7.99. The predicted molar refractivity (Wildman–Crippen MR) is 139 cm³/mol. The van der Waals surface area contributed by atoms with Gasteiger partial charge < -0.3 is 24.0 Å². The molecule has 0 spiro atoms. The number of hydrogen-bond donors (Lipinski definition) is 0. The molecule has 6 rings (SSSR count). The summed E-state index contributed by atoms with van der Waals surface area (Å²) in [5, 5.41) is 10.5. The third-order valence-electron chi connectivity index (χ3n) is 6.67. The molecular weight excluding hydrogens is 478 g/mol. The normalized spacial score (nSPS) is 15.5. The van der Waals surface area contributed by atoms with Crippen LogP contribution in [0.15, 0.2) is 47.6 Å². The molecule has 9 nitrogen and oxygen atoms in total. The number of thioether (sulfide) groups is 1. The first-order chi connectivity index (χ1) is 17.6. The lowest BCUT2D eigenvalue weighted by atomic mass is 10.1. The number of nitrogens with zero attached hydrogens (tertiary/aromatic N) is 5. The number of carbonyl (C=O) groups excluding carboxylic acids is 1. The van der Waals surface area contributed by atoms with Gasteiger partial charge in [0, 0.05) is 37.6 Å². The van der Waals surface area contributed by atoms with Gasteiger partial charge in [0.25, 0.3) is 0 Å². The Kier molecular flexibility index (Phi) is 5.96. The molecule has 4 heterocycles. The molecule has 0 saturated carbocycles. The zero-order valence-electron chi connectivity index (χ0n) is 20.3. The van der Waals surface area contributed by atoms with Crippen LogP contribution in [0.1, 0.15) is 5.56 Å². The van der Waals surface area contributed by atoms with Gasteiger partial charge >= 0.3 is 0 Å². The fourth-order valence-corrected chi connectivity index (χ4v) is 5.69. The molecule has 4 aromatic rings. The summed E-state index contributed by atoms with van der Waals surface area (Å²) in [6.07, 6.45) is 0. The molecule has 2 aromatic heterocycles. The van der Waals surface area contributed by atoms with Crippen LogP contribution in [-0.4, -0.2) is 77.7 Å². The summed E-state index contributed by atoms with van der Waals surface area (Å²) < 4.78 is 19.1. The van der Waals surface area contributed by atoms with Crippen molar-refractivity contribution in [3.05, 3.63) is 48.0 Å². The van der Waals surface area contributed by atoms with Crippen LogP contribution in [0.2, 0.25) is 0 Å². The summed E-state index contributed by atoms with van der Waals surface area (Å²) in [5.41, 5.74) is 3.79. The Bertz CT molecular complexity index is 1450. The Morgan fingerprint density at radius 2 is 1.78 bits per heavy atom. The molecule has 2 aromatic carbocycles. The van der Waals surface area contributed by atoms with Crippen molar-refractivity contribution < 1.29 is 19.0 Å². The number of piperazine rings is 1. The summed E-state index contributed by atoms with van der Waals surface area (Å²) in [6, 6.07) is 14.1. The molecule has 10 heteroatoms. The first-order valence-electron chi connectivity index (χ1n) is 12.0. The number of methoxy groups -OCH3 is 1. The highest BCUT2D eigenvalue weighted by Gasteiger charge is 2.24. The minimum atomic E-state index is 0.0995. The number of amides is 1. The zero-order valence-corrected chi connectivity index (χ0v) is 21.1. The van der Waals surface area contributed by atoms with Gasteiger partial charge in [-0.1, -0.05) is 23.9 Å². The van der Waals surface area contributed by atoms with Gasteiger partial charge in [0.1, 0.15) is 19.0 Å². The van der Waals surface area contributed by atoms with Crippen molar-refractivity contribution in [1.29, 1.82) is 0 Å². The maximum Gasteiger partial charge on any atom is 0.233 e. The SMILES string of the molecule is COc1ccccc1N1CCN(C(=O)CSc2nnc3c(C)cc4cc5c(cc4n23)OCCO5)CC1. The Morgan fingerprint density at radius 3 is 2.56 bits per heavy atom. The van der Waals surface area contributed by atoms with E-state index in [9.17, 15) is 4.79 Å². The molecule has 186 valence electrons. The average molecular weight is 506 g/mol. The Labute approximate surface area is 212 Å². The van der Waals surface area contributed by atoms with Crippen LogP contribution in [0.25, 0.3) is 16.6 Å². The van der Waals surface area contributed by atoms with Gasteiger partial charge in [-0.05, 0) is 36.8 Å². The van der Waals surface area contributed by atoms with E-state index < -0.39 is 0 Å². The molecule has 2 aliphatic rings. The Hall–Kier alpha value is -3.66. The molecule has 1 saturated heterocycles. The molecule has 2 aliphatic heterocycles. The van der Waals surface area contributed by atoms with E-state index in [4.69, 9.17) is 14.2 Å². The van der Waals surface area contributed by atoms with Crippen LogP contribution in [0, 0.1) is 6.92 Å². The summed E-state index contributed by atoms with van der Waals surface area (Å²) in [5.74, 6) is 2.72. The van der Waals surface area contributed by atoms with E-state index in [1.165, 1.54) is 11.8 Å². The van der Waals surface area contributed by atoms with Crippen LogP contribution >= 0.6 is 11.8 Å². The van der Waals surface area contributed by atoms with Gasteiger partial charge in [0.2, 0.25) is 5.91 Å². The minimum Gasteiger partial charge on any atom is -0.495 e. The van der Waals surface area contributed by atoms with E-state index in [0.29, 0.717) is 43.0 Å². The quantitative estimate of drug-likeness (QED) is 0.382. The predicted octanol–water partition coefficient (Wildman–Crippen LogP) is 3.41. The van der Waals surface area contributed by atoms with E-state index in [-0.39, 0.29) is 5.91 Å². The summed E-state index contributed by atoms with van der Waals surface area (Å²) in [6.45, 7) is 5.95. The van der Waals surface area contributed by atoms with Gasteiger partial charge in [0.15, 0.2) is 22.3 Å². The Balaban J connectivity index is 1.18. The highest BCUT2D eigenvalue weighted by Crippen LogP contribution is 2.36. The smallest absolute Gasteiger partial charge is 0.233 e. The second-order valence-electron chi connectivity index (χ2n) is 8.85. The number of aryl methyl sites for hydroxylation is 1. The van der Waals surface area contributed by atoms with Gasteiger partial charge in [-0.2, -0.15) is 0 Å².